The maximum atomic E-state index is 12.7. The molecule has 6 heteroatoms. The van der Waals surface area contributed by atoms with E-state index in [4.69, 9.17) is 5.73 Å². The summed E-state index contributed by atoms with van der Waals surface area (Å²) in [6.45, 7) is 0.105. The first-order valence-corrected chi connectivity index (χ1v) is 5.59. The van der Waals surface area contributed by atoms with Gasteiger partial charge in [0.05, 0.1) is 4.88 Å². The fourth-order valence-electron chi connectivity index (χ4n) is 1.24. The highest BCUT2D eigenvalue weighted by molar-refractivity contribution is 7.15. The third-order valence-electron chi connectivity index (χ3n) is 2.00. The van der Waals surface area contributed by atoms with Gasteiger partial charge in [-0.3, -0.25) is 0 Å². The van der Waals surface area contributed by atoms with Crippen molar-refractivity contribution in [3.05, 3.63) is 41.2 Å². The first kappa shape index (κ1) is 11.5. The van der Waals surface area contributed by atoms with Crippen molar-refractivity contribution in [2.45, 2.75) is 6.61 Å². The van der Waals surface area contributed by atoms with Crippen LogP contribution < -0.4 is 5.73 Å². The van der Waals surface area contributed by atoms with Crippen LogP contribution in [-0.4, -0.2) is 11.1 Å². The SMILES string of the molecule is NC(=O)OCc1cnc(-c2ccc(F)cc2)s1. The van der Waals surface area contributed by atoms with Gasteiger partial charge >= 0.3 is 6.09 Å². The van der Waals surface area contributed by atoms with Crippen LogP contribution in [0, 0.1) is 5.82 Å². The van der Waals surface area contributed by atoms with Gasteiger partial charge in [0.1, 0.15) is 17.4 Å². The Kier molecular flexibility index (Phi) is 3.34. The minimum Gasteiger partial charge on any atom is -0.444 e. The molecule has 0 bridgehead atoms. The molecular weight excluding hydrogens is 243 g/mol. The Morgan fingerprint density at radius 1 is 1.41 bits per heavy atom. The number of nitrogens with zero attached hydrogens (tertiary/aromatic N) is 1. The minimum atomic E-state index is -0.818. The average molecular weight is 252 g/mol. The second-order valence-corrected chi connectivity index (χ2v) is 4.36. The highest BCUT2D eigenvalue weighted by atomic mass is 32.1. The molecule has 0 unspecified atom stereocenters. The van der Waals surface area contributed by atoms with E-state index in [1.165, 1.54) is 23.5 Å². The lowest BCUT2D eigenvalue weighted by molar-refractivity contribution is 0.151. The number of aromatic nitrogens is 1. The molecule has 0 radical (unpaired) electrons. The third kappa shape index (κ3) is 3.01. The van der Waals surface area contributed by atoms with Crippen LogP contribution in [0.15, 0.2) is 30.5 Å². The molecule has 4 nitrogen and oxygen atoms in total. The van der Waals surface area contributed by atoms with E-state index in [0.29, 0.717) is 0 Å². The Morgan fingerprint density at radius 2 is 2.12 bits per heavy atom. The summed E-state index contributed by atoms with van der Waals surface area (Å²) in [5.74, 6) is -0.289. The Morgan fingerprint density at radius 3 is 2.76 bits per heavy atom. The first-order chi connectivity index (χ1) is 8.15. The molecule has 0 atom stereocenters. The number of rotatable bonds is 3. The standard InChI is InChI=1S/C11H9FN2O2S/c12-8-3-1-7(2-4-8)10-14-5-9(17-10)6-16-11(13)15/h1-5H,6H2,(H2,13,15). The second kappa shape index (κ2) is 4.92. The molecule has 0 fully saturated rings. The lowest BCUT2D eigenvalue weighted by atomic mass is 10.2. The number of primary amides is 1. The van der Waals surface area contributed by atoms with E-state index in [1.807, 2.05) is 0 Å². The Hall–Kier alpha value is -1.95. The van der Waals surface area contributed by atoms with Crippen LogP contribution >= 0.6 is 11.3 Å². The molecule has 2 N–H and O–H groups in total. The third-order valence-corrected chi connectivity index (χ3v) is 3.02. The number of thiazole rings is 1. The lowest BCUT2D eigenvalue weighted by Crippen LogP contribution is -2.12. The fourth-order valence-corrected chi connectivity index (χ4v) is 2.07. The summed E-state index contributed by atoms with van der Waals surface area (Å²) in [6.07, 6.45) is 0.786. The first-order valence-electron chi connectivity index (χ1n) is 4.78. The van der Waals surface area contributed by atoms with E-state index in [1.54, 1.807) is 18.3 Å². The summed E-state index contributed by atoms with van der Waals surface area (Å²) in [5, 5.41) is 0.744. The monoisotopic (exact) mass is 252 g/mol. The summed E-state index contributed by atoms with van der Waals surface area (Å²) >= 11 is 1.37. The molecule has 1 heterocycles. The molecule has 17 heavy (non-hydrogen) atoms. The molecule has 0 saturated carbocycles. The van der Waals surface area contributed by atoms with Gasteiger partial charge in [0.25, 0.3) is 0 Å². The van der Waals surface area contributed by atoms with Gasteiger partial charge in [-0.2, -0.15) is 0 Å². The van der Waals surface area contributed by atoms with Gasteiger partial charge < -0.3 is 10.5 Å². The normalized spacial score (nSPS) is 10.2. The van der Waals surface area contributed by atoms with E-state index in [-0.39, 0.29) is 12.4 Å². The molecule has 2 rings (SSSR count). The van der Waals surface area contributed by atoms with Gasteiger partial charge in [-0.1, -0.05) is 0 Å². The highest BCUT2D eigenvalue weighted by Gasteiger charge is 2.06. The molecule has 88 valence electrons. The molecule has 0 aliphatic heterocycles. The zero-order chi connectivity index (χ0) is 12.3. The van der Waals surface area contributed by atoms with Gasteiger partial charge in [0, 0.05) is 11.8 Å². The van der Waals surface area contributed by atoms with Gasteiger partial charge in [-0.25, -0.2) is 14.2 Å². The van der Waals surface area contributed by atoms with Crippen molar-refractivity contribution in [2.75, 3.05) is 0 Å². The van der Waals surface area contributed by atoms with Crippen LogP contribution in [0.1, 0.15) is 4.88 Å². The van der Waals surface area contributed by atoms with Gasteiger partial charge in [0.15, 0.2) is 0 Å². The average Bonchev–Trinajstić information content (AvgIpc) is 2.76. The number of benzene rings is 1. The Bertz CT molecular complexity index is 525. The quantitative estimate of drug-likeness (QED) is 0.912. The van der Waals surface area contributed by atoms with Crippen molar-refractivity contribution >= 4 is 17.4 Å². The van der Waals surface area contributed by atoms with E-state index < -0.39 is 6.09 Å². The summed E-state index contributed by atoms with van der Waals surface area (Å²) in [5.41, 5.74) is 5.68. The van der Waals surface area contributed by atoms with E-state index in [2.05, 4.69) is 9.72 Å². The van der Waals surface area contributed by atoms with Crippen molar-refractivity contribution in [3.8, 4) is 10.6 Å². The Balaban J connectivity index is 2.12. The van der Waals surface area contributed by atoms with Gasteiger partial charge in [0.2, 0.25) is 0 Å². The summed E-state index contributed by atoms with van der Waals surface area (Å²) in [6, 6.07) is 6.03. The van der Waals surface area contributed by atoms with Crippen LogP contribution in [0.2, 0.25) is 0 Å². The number of carbonyl (C=O) groups excluding carboxylic acids is 1. The number of nitrogens with two attached hydrogens (primary N) is 1. The molecule has 0 saturated heterocycles. The largest absolute Gasteiger partial charge is 0.444 e. The van der Waals surface area contributed by atoms with Crippen molar-refractivity contribution < 1.29 is 13.9 Å². The number of carbonyl (C=O) groups is 1. The van der Waals surface area contributed by atoms with Crippen LogP contribution in [0.25, 0.3) is 10.6 Å². The number of hydrogen-bond donors (Lipinski definition) is 1. The van der Waals surface area contributed by atoms with Crippen LogP contribution in [0.5, 0.6) is 0 Å². The molecule has 1 amide bonds. The molecule has 1 aromatic carbocycles. The fraction of sp³-hybridized carbons (Fsp3) is 0.0909. The zero-order valence-electron chi connectivity index (χ0n) is 8.72. The van der Waals surface area contributed by atoms with E-state index >= 15 is 0 Å². The van der Waals surface area contributed by atoms with Crippen molar-refractivity contribution in [1.29, 1.82) is 0 Å². The zero-order valence-corrected chi connectivity index (χ0v) is 9.54. The smallest absolute Gasteiger partial charge is 0.404 e. The number of hydrogen-bond acceptors (Lipinski definition) is 4. The predicted octanol–water partition coefficient (Wildman–Crippen LogP) is 2.54. The predicted molar refractivity (Wildman–Crippen MR) is 61.9 cm³/mol. The highest BCUT2D eigenvalue weighted by Crippen LogP contribution is 2.25. The second-order valence-electron chi connectivity index (χ2n) is 3.25. The summed E-state index contributed by atoms with van der Waals surface area (Å²) in [7, 11) is 0. The van der Waals surface area contributed by atoms with Gasteiger partial charge in [-0.15, -0.1) is 11.3 Å². The molecular formula is C11H9FN2O2S. The molecule has 2 aromatic rings. The van der Waals surface area contributed by atoms with Crippen molar-refractivity contribution in [3.63, 3.8) is 0 Å². The number of amides is 1. The topological polar surface area (TPSA) is 65.2 Å². The molecule has 0 aliphatic carbocycles. The molecule has 1 aromatic heterocycles. The van der Waals surface area contributed by atoms with Gasteiger partial charge in [-0.05, 0) is 24.3 Å². The Labute approximate surface area is 101 Å². The van der Waals surface area contributed by atoms with Crippen molar-refractivity contribution in [2.24, 2.45) is 5.73 Å². The van der Waals surface area contributed by atoms with Crippen LogP contribution in [0.3, 0.4) is 0 Å². The minimum absolute atomic E-state index is 0.105. The lowest BCUT2D eigenvalue weighted by Gasteiger charge is -1.96. The summed E-state index contributed by atoms with van der Waals surface area (Å²) in [4.78, 5) is 15.4. The van der Waals surface area contributed by atoms with Crippen LogP contribution in [0.4, 0.5) is 9.18 Å². The van der Waals surface area contributed by atoms with E-state index in [9.17, 15) is 9.18 Å². The maximum Gasteiger partial charge on any atom is 0.404 e. The molecule has 0 aliphatic rings. The van der Waals surface area contributed by atoms with Crippen molar-refractivity contribution in [1.82, 2.24) is 4.98 Å². The number of ether oxygens (including phenoxy) is 1. The number of halogens is 1. The maximum absolute atomic E-state index is 12.7. The van der Waals surface area contributed by atoms with E-state index in [0.717, 1.165) is 15.4 Å². The summed E-state index contributed by atoms with van der Waals surface area (Å²) < 4.78 is 17.4. The van der Waals surface area contributed by atoms with Crippen LogP contribution in [-0.2, 0) is 11.3 Å². The molecule has 0 spiro atoms.